The van der Waals surface area contributed by atoms with Gasteiger partial charge in [-0.1, -0.05) is 6.07 Å². The van der Waals surface area contributed by atoms with E-state index in [4.69, 9.17) is 5.26 Å². The summed E-state index contributed by atoms with van der Waals surface area (Å²) in [6.07, 6.45) is 1.97. The number of hydrogen-bond donors (Lipinski definition) is 0. The van der Waals surface area contributed by atoms with Crippen LogP contribution in [0.25, 0.3) is 0 Å². The van der Waals surface area contributed by atoms with Crippen molar-refractivity contribution in [2.75, 3.05) is 26.2 Å². The lowest BCUT2D eigenvalue weighted by atomic mass is 10.1. The number of hydrogen-bond acceptors (Lipinski definition) is 5. The zero-order valence-corrected chi connectivity index (χ0v) is 13.9. The molecule has 2 aromatic rings. The Bertz CT molecular complexity index is 714. The lowest BCUT2D eigenvalue weighted by Gasteiger charge is -2.34. The molecule has 6 heteroatoms. The van der Waals surface area contributed by atoms with Crippen molar-refractivity contribution in [3.8, 4) is 6.07 Å². The third-order valence-electron chi connectivity index (χ3n) is 4.07. The first kappa shape index (κ1) is 16.1. The molecule has 0 atom stereocenters. The maximum atomic E-state index is 13.4. The fourth-order valence-corrected chi connectivity index (χ4v) is 3.66. The molecule has 4 nitrogen and oxygen atoms in total. The molecule has 0 N–H and O–H groups in total. The molecule has 1 fully saturated rings. The molecule has 1 aromatic carbocycles. The quantitative estimate of drug-likeness (QED) is 0.864. The van der Waals surface area contributed by atoms with Crippen LogP contribution in [0.4, 0.5) is 4.39 Å². The van der Waals surface area contributed by atoms with Crippen molar-refractivity contribution in [1.82, 2.24) is 14.8 Å². The second-order valence-electron chi connectivity index (χ2n) is 5.82. The molecule has 0 saturated carbocycles. The molecule has 1 aliphatic rings. The van der Waals surface area contributed by atoms with Crippen molar-refractivity contribution in [3.63, 3.8) is 0 Å². The Labute approximate surface area is 139 Å². The number of benzene rings is 1. The van der Waals surface area contributed by atoms with Gasteiger partial charge in [-0.05, 0) is 24.6 Å². The lowest BCUT2D eigenvalue weighted by Crippen LogP contribution is -2.45. The monoisotopic (exact) mass is 330 g/mol. The number of nitrogens with zero attached hydrogens (tertiary/aromatic N) is 4. The fraction of sp³-hybridized carbons (Fsp3) is 0.412. The van der Waals surface area contributed by atoms with E-state index < -0.39 is 5.82 Å². The Morgan fingerprint density at radius 1 is 1.22 bits per heavy atom. The summed E-state index contributed by atoms with van der Waals surface area (Å²) in [6, 6.07) is 6.71. The van der Waals surface area contributed by atoms with E-state index in [0.29, 0.717) is 0 Å². The van der Waals surface area contributed by atoms with Gasteiger partial charge in [0, 0.05) is 50.3 Å². The van der Waals surface area contributed by atoms with Gasteiger partial charge in [0.25, 0.3) is 0 Å². The molecule has 0 radical (unpaired) electrons. The van der Waals surface area contributed by atoms with Crippen LogP contribution in [0.5, 0.6) is 0 Å². The van der Waals surface area contributed by atoms with Crippen LogP contribution in [0, 0.1) is 24.1 Å². The standard InChI is InChI=1S/C17H19FN4S/c1-13-20-10-16(23-13)12-22-6-4-21(5-7-22)11-14-2-3-17(18)15(8-14)9-19/h2-3,8,10H,4-7,11-12H2,1H3. The van der Waals surface area contributed by atoms with Crippen LogP contribution in [-0.2, 0) is 13.1 Å². The van der Waals surface area contributed by atoms with Crippen molar-refractivity contribution in [2.45, 2.75) is 20.0 Å². The molecule has 23 heavy (non-hydrogen) atoms. The molecule has 0 bridgehead atoms. The summed E-state index contributed by atoms with van der Waals surface area (Å²) in [4.78, 5) is 10.4. The van der Waals surface area contributed by atoms with E-state index in [1.165, 1.54) is 10.9 Å². The molecular weight excluding hydrogens is 311 g/mol. The molecule has 0 spiro atoms. The first-order valence-corrected chi connectivity index (χ1v) is 8.50. The second kappa shape index (κ2) is 7.18. The molecule has 0 aliphatic carbocycles. The molecule has 120 valence electrons. The van der Waals surface area contributed by atoms with Gasteiger partial charge in [-0.25, -0.2) is 9.37 Å². The van der Waals surface area contributed by atoms with E-state index >= 15 is 0 Å². The van der Waals surface area contributed by atoms with E-state index in [2.05, 4.69) is 14.8 Å². The number of halogens is 1. The summed E-state index contributed by atoms with van der Waals surface area (Å²) < 4.78 is 13.4. The Morgan fingerprint density at radius 3 is 2.52 bits per heavy atom. The highest BCUT2D eigenvalue weighted by atomic mass is 32.1. The number of piperazine rings is 1. The highest BCUT2D eigenvalue weighted by Gasteiger charge is 2.18. The number of nitriles is 1. The van der Waals surface area contributed by atoms with Gasteiger partial charge in [0.1, 0.15) is 11.9 Å². The summed E-state index contributed by atoms with van der Waals surface area (Å²) in [5.74, 6) is -0.444. The fourth-order valence-electron chi connectivity index (χ4n) is 2.82. The van der Waals surface area contributed by atoms with Gasteiger partial charge >= 0.3 is 0 Å². The van der Waals surface area contributed by atoms with Crippen molar-refractivity contribution in [1.29, 1.82) is 5.26 Å². The number of aryl methyl sites for hydroxylation is 1. The van der Waals surface area contributed by atoms with Crippen molar-refractivity contribution in [2.24, 2.45) is 0 Å². The van der Waals surface area contributed by atoms with Crippen LogP contribution in [0.15, 0.2) is 24.4 Å². The lowest BCUT2D eigenvalue weighted by molar-refractivity contribution is 0.123. The number of thiazole rings is 1. The zero-order chi connectivity index (χ0) is 16.2. The Hall–Kier alpha value is -1.81. The zero-order valence-electron chi connectivity index (χ0n) is 13.1. The molecule has 0 unspecified atom stereocenters. The smallest absolute Gasteiger partial charge is 0.140 e. The van der Waals surface area contributed by atoms with Crippen molar-refractivity contribution in [3.05, 3.63) is 51.2 Å². The normalized spacial score (nSPS) is 16.4. The Morgan fingerprint density at radius 2 is 1.91 bits per heavy atom. The van der Waals surface area contributed by atoms with Crippen molar-refractivity contribution >= 4 is 11.3 Å². The van der Waals surface area contributed by atoms with Crippen LogP contribution in [-0.4, -0.2) is 41.0 Å². The van der Waals surface area contributed by atoms with Gasteiger partial charge in [-0.15, -0.1) is 11.3 Å². The van der Waals surface area contributed by atoms with Crippen LogP contribution >= 0.6 is 11.3 Å². The second-order valence-corrected chi connectivity index (χ2v) is 7.14. The Kier molecular flexibility index (Phi) is 5.01. The summed E-state index contributed by atoms with van der Waals surface area (Å²) in [6.45, 7) is 7.77. The third kappa shape index (κ3) is 4.14. The maximum Gasteiger partial charge on any atom is 0.140 e. The largest absolute Gasteiger partial charge is 0.297 e. The van der Waals surface area contributed by atoms with Crippen molar-refractivity contribution < 1.29 is 4.39 Å². The number of rotatable bonds is 4. The van der Waals surface area contributed by atoms with Gasteiger partial charge in [0.05, 0.1) is 10.6 Å². The van der Waals surface area contributed by atoms with E-state index in [1.807, 2.05) is 19.2 Å². The molecule has 3 rings (SSSR count). The minimum absolute atomic E-state index is 0.127. The first-order chi connectivity index (χ1) is 11.1. The molecular formula is C17H19FN4S. The van der Waals surface area contributed by atoms with Crippen LogP contribution < -0.4 is 0 Å². The van der Waals surface area contributed by atoms with Gasteiger partial charge in [0.15, 0.2) is 0 Å². The predicted molar refractivity (Wildman–Crippen MR) is 88.5 cm³/mol. The average molecular weight is 330 g/mol. The summed E-state index contributed by atoms with van der Waals surface area (Å²) in [5, 5.41) is 10.0. The third-order valence-corrected chi connectivity index (χ3v) is 4.97. The summed E-state index contributed by atoms with van der Waals surface area (Å²) in [5.41, 5.74) is 1.12. The van der Waals surface area contributed by atoms with Crippen LogP contribution in [0.3, 0.4) is 0 Å². The van der Waals surface area contributed by atoms with E-state index in [-0.39, 0.29) is 5.56 Å². The van der Waals surface area contributed by atoms with Gasteiger partial charge in [0.2, 0.25) is 0 Å². The van der Waals surface area contributed by atoms with Crippen LogP contribution in [0.2, 0.25) is 0 Å². The highest BCUT2D eigenvalue weighted by molar-refractivity contribution is 7.11. The van der Waals surface area contributed by atoms with E-state index in [9.17, 15) is 4.39 Å². The van der Waals surface area contributed by atoms with E-state index in [0.717, 1.165) is 49.8 Å². The Balaban J connectivity index is 1.52. The minimum Gasteiger partial charge on any atom is -0.297 e. The average Bonchev–Trinajstić information content (AvgIpc) is 2.96. The van der Waals surface area contributed by atoms with Gasteiger partial charge in [-0.3, -0.25) is 9.80 Å². The topological polar surface area (TPSA) is 43.2 Å². The van der Waals surface area contributed by atoms with E-state index in [1.54, 1.807) is 23.5 Å². The first-order valence-electron chi connectivity index (χ1n) is 7.68. The molecule has 1 aliphatic heterocycles. The van der Waals surface area contributed by atoms with Gasteiger partial charge in [-0.2, -0.15) is 5.26 Å². The minimum atomic E-state index is -0.444. The van der Waals surface area contributed by atoms with Crippen LogP contribution in [0.1, 0.15) is 21.0 Å². The SMILES string of the molecule is Cc1ncc(CN2CCN(Cc3ccc(F)c(C#N)c3)CC2)s1. The highest BCUT2D eigenvalue weighted by Crippen LogP contribution is 2.17. The number of aromatic nitrogens is 1. The molecule has 0 amide bonds. The summed E-state index contributed by atoms with van der Waals surface area (Å²) >= 11 is 1.76. The van der Waals surface area contributed by atoms with Gasteiger partial charge < -0.3 is 0 Å². The molecule has 1 aromatic heterocycles. The predicted octanol–water partition coefficient (Wildman–Crippen LogP) is 2.78. The molecule has 1 saturated heterocycles. The maximum absolute atomic E-state index is 13.4. The molecule has 2 heterocycles. The summed E-state index contributed by atoms with van der Waals surface area (Å²) in [7, 11) is 0.